The number of rotatable bonds is 6. The minimum atomic E-state index is -1.34. The molecular weight excluding hydrogens is 354 g/mol. The van der Waals surface area contributed by atoms with Crippen LogP contribution in [0.3, 0.4) is 0 Å². The highest BCUT2D eigenvalue weighted by molar-refractivity contribution is 6.11. The van der Waals surface area contributed by atoms with E-state index in [0.29, 0.717) is 11.1 Å². The maximum Gasteiger partial charge on any atom is 0.326 e. The van der Waals surface area contributed by atoms with Gasteiger partial charge in [0.2, 0.25) is 5.91 Å². The lowest BCUT2D eigenvalue weighted by atomic mass is 9.82. The van der Waals surface area contributed by atoms with Crippen molar-refractivity contribution in [3.63, 3.8) is 0 Å². The highest BCUT2D eigenvalue weighted by atomic mass is 16.2. The lowest BCUT2D eigenvalue weighted by Crippen LogP contribution is -2.47. The summed E-state index contributed by atoms with van der Waals surface area (Å²) < 4.78 is 0. The Kier molecular flexibility index (Phi) is 5.49. The molecule has 28 heavy (non-hydrogen) atoms. The molecule has 0 unspecified atom stereocenters. The van der Waals surface area contributed by atoms with Crippen LogP contribution in [-0.4, -0.2) is 35.3 Å². The number of amides is 4. The third-order valence-electron chi connectivity index (χ3n) is 5.21. The van der Waals surface area contributed by atoms with Crippen LogP contribution in [0.1, 0.15) is 31.9 Å². The van der Waals surface area contributed by atoms with Crippen molar-refractivity contribution in [3.8, 4) is 0 Å². The average Bonchev–Trinajstić information content (AvgIpc) is 2.94. The Morgan fingerprint density at radius 2 is 1.46 bits per heavy atom. The highest BCUT2D eigenvalue weighted by Gasteiger charge is 2.54. The summed E-state index contributed by atoms with van der Waals surface area (Å²) in [6.07, 6.45) is 0. The fraction of sp³-hybridized carbons (Fsp3) is 0.318. The van der Waals surface area contributed by atoms with Crippen molar-refractivity contribution in [2.75, 3.05) is 6.54 Å². The molecule has 4 amide bonds. The zero-order valence-electron chi connectivity index (χ0n) is 16.3. The number of urea groups is 1. The monoisotopic (exact) mass is 379 g/mol. The summed E-state index contributed by atoms with van der Waals surface area (Å²) in [5.41, 5.74) is -0.0418. The van der Waals surface area contributed by atoms with Crippen LogP contribution < -0.4 is 10.6 Å². The fourth-order valence-electron chi connectivity index (χ4n) is 3.26. The first-order valence-corrected chi connectivity index (χ1v) is 9.40. The number of carbonyl (C=O) groups excluding carboxylic acids is 3. The molecule has 6 heteroatoms. The Balaban J connectivity index is 1.95. The normalized spacial score (nSPS) is 16.8. The molecule has 1 fully saturated rings. The van der Waals surface area contributed by atoms with Crippen LogP contribution in [0.5, 0.6) is 0 Å². The number of carbonyl (C=O) groups is 3. The van der Waals surface area contributed by atoms with E-state index in [2.05, 4.69) is 10.6 Å². The summed E-state index contributed by atoms with van der Waals surface area (Å²) >= 11 is 0. The van der Waals surface area contributed by atoms with Gasteiger partial charge in [-0.1, -0.05) is 74.5 Å². The van der Waals surface area contributed by atoms with E-state index in [9.17, 15) is 14.4 Å². The van der Waals surface area contributed by atoms with Gasteiger partial charge in [0.1, 0.15) is 6.54 Å². The molecule has 3 rings (SSSR count). The minimum Gasteiger partial charge on any atom is -0.352 e. The minimum absolute atomic E-state index is 0.0544. The maximum atomic E-state index is 13.5. The maximum absolute atomic E-state index is 13.5. The van der Waals surface area contributed by atoms with Crippen molar-refractivity contribution in [1.29, 1.82) is 0 Å². The number of hydrogen-bond donors (Lipinski definition) is 2. The second-order valence-electron chi connectivity index (χ2n) is 7.40. The summed E-state index contributed by atoms with van der Waals surface area (Å²) in [5.74, 6) is -0.566. The lowest BCUT2D eigenvalue weighted by Gasteiger charge is -2.28. The molecule has 0 bridgehead atoms. The molecular formula is C22H25N3O3. The van der Waals surface area contributed by atoms with Gasteiger partial charge in [0.25, 0.3) is 5.91 Å². The Hall–Kier alpha value is -3.15. The molecule has 0 aromatic heterocycles. The van der Waals surface area contributed by atoms with E-state index in [1.807, 2.05) is 57.2 Å². The van der Waals surface area contributed by atoms with Gasteiger partial charge in [0, 0.05) is 6.04 Å². The fourth-order valence-corrected chi connectivity index (χ4v) is 3.26. The third kappa shape index (κ3) is 3.50. The summed E-state index contributed by atoms with van der Waals surface area (Å²) in [7, 11) is 0. The van der Waals surface area contributed by atoms with Gasteiger partial charge in [-0.25, -0.2) is 4.79 Å². The summed E-state index contributed by atoms with van der Waals surface area (Å²) in [4.78, 5) is 39.6. The molecule has 0 aliphatic carbocycles. The molecule has 1 atom stereocenters. The second kappa shape index (κ2) is 7.84. The number of imide groups is 1. The smallest absolute Gasteiger partial charge is 0.326 e. The topological polar surface area (TPSA) is 78.5 Å². The van der Waals surface area contributed by atoms with E-state index in [1.54, 1.807) is 24.3 Å². The van der Waals surface area contributed by atoms with Crippen molar-refractivity contribution in [2.24, 2.45) is 5.92 Å². The van der Waals surface area contributed by atoms with Gasteiger partial charge < -0.3 is 10.6 Å². The first-order valence-electron chi connectivity index (χ1n) is 9.40. The Labute approximate surface area is 164 Å². The first-order chi connectivity index (χ1) is 13.4. The van der Waals surface area contributed by atoms with E-state index in [0.717, 1.165) is 4.90 Å². The van der Waals surface area contributed by atoms with Crippen LogP contribution in [0.15, 0.2) is 60.7 Å². The largest absolute Gasteiger partial charge is 0.352 e. The van der Waals surface area contributed by atoms with Crippen molar-refractivity contribution in [1.82, 2.24) is 15.5 Å². The van der Waals surface area contributed by atoms with Gasteiger partial charge >= 0.3 is 6.03 Å². The van der Waals surface area contributed by atoms with E-state index >= 15 is 0 Å². The average molecular weight is 379 g/mol. The van der Waals surface area contributed by atoms with Gasteiger partial charge in [-0.2, -0.15) is 0 Å². The number of benzene rings is 2. The van der Waals surface area contributed by atoms with Gasteiger partial charge in [0.15, 0.2) is 5.54 Å². The quantitative estimate of drug-likeness (QED) is 0.758. The molecule has 1 saturated heterocycles. The summed E-state index contributed by atoms with van der Waals surface area (Å²) in [5, 5.41) is 5.68. The molecule has 146 valence electrons. The SMILES string of the molecule is CC(C)[C@H](C)NC(=O)CN1C(=O)NC(c2ccccc2)(c2ccccc2)C1=O. The highest BCUT2D eigenvalue weighted by Crippen LogP contribution is 2.35. The van der Waals surface area contributed by atoms with Crippen LogP contribution >= 0.6 is 0 Å². The molecule has 1 aliphatic heterocycles. The summed E-state index contributed by atoms with van der Waals surface area (Å²) in [6.45, 7) is 5.57. The molecule has 2 aromatic carbocycles. The van der Waals surface area contributed by atoms with Gasteiger partial charge in [-0.15, -0.1) is 0 Å². The standard InChI is InChI=1S/C22H25N3O3/c1-15(2)16(3)23-19(26)14-25-20(27)22(24-21(25)28,17-10-6-4-7-11-17)18-12-8-5-9-13-18/h4-13,15-16H,14H2,1-3H3,(H,23,26)(H,24,28)/t16-/m0/s1. The van der Waals surface area contributed by atoms with E-state index < -0.39 is 17.5 Å². The van der Waals surface area contributed by atoms with E-state index in [-0.39, 0.29) is 24.4 Å². The third-order valence-corrected chi connectivity index (χ3v) is 5.21. The van der Waals surface area contributed by atoms with Crippen LogP contribution in [0, 0.1) is 5.92 Å². The number of nitrogens with zero attached hydrogens (tertiary/aromatic N) is 1. The van der Waals surface area contributed by atoms with Gasteiger partial charge in [0.05, 0.1) is 0 Å². The van der Waals surface area contributed by atoms with Crippen LogP contribution in [-0.2, 0) is 15.1 Å². The van der Waals surface area contributed by atoms with Crippen LogP contribution in [0.2, 0.25) is 0 Å². The molecule has 1 heterocycles. The predicted molar refractivity (Wildman–Crippen MR) is 106 cm³/mol. The molecule has 0 spiro atoms. The molecule has 1 aliphatic rings. The van der Waals surface area contributed by atoms with Crippen molar-refractivity contribution < 1.29 is 14.4 Å². The summed E-state index contributed by atoms with van der Waals surface area (Å²) in [6, 6.07) is 17.5. The van der Waals surface area contributed by atoms with Crippen molar-refractivity contribution >= 4 is 17.8 Å². The Morgan fingerprint density at radius 3 is 1.93 bits per heavy atom. The zero-order chi connectivity index (χ0) is 20.3. The molecule has 0 radical (unpaired) electrons. The molecule has 0 saturated carbocycles. The van der Waals surface area contributed by atoms with Crippen molar-refractivity contribution in [2.45, 2.75) is 32.4 Å². The van der Waals surface area contributed by atoms with Gasteiger partial charge in [-0.3, -0.25) is 14.5 Å². The van der Waals surface area contributed by atoms with Crippen LogP contribution in [0.4, 0.5) is 4.79 Å². The Morgan fingerprint density at radius 1 is 0.964 bits per heavy atom. The van der Waals surface area contributed by atoms with Gasteiger partial charge in [-0.05, 0) is 24.0 Å². The zero-order valence-corrected chi connectivity index (χ0v) is 16.3. The second-order valence-corrected chi connectivity index (χ2v) is 7.40. The van der Waals surface area contributed by atoms with Crippen LogP contribution in [0.25, 0.3) is 0 Å². The van der Waals surface area contributed by atoms with Crippen molar-refractivity contribution in [3.05, 3.63) is 71.8 Å². The molecule has 2 N–H and O–H groups in total. The number of hydrogen-bond acceptors (Lipinski definition) is 3. The lowest BCUT2D eigenvalue weighted by molar-refractivity contribution is -0.134. The number of nitrogens with one attached hydrogen (secondary N) is 2. The van der Waals surface area contributed by atoms with E-state index in [1.165, 1.54) is 0 Å². The van der Waals surface area contributed by atoms with E-state index in [4.69, 9.17) is 0 Å². The molecule has 2 aromatic rings. The first kappa shape index (κ1) is 19.6. The molecule has 6 nitrogen and oxygen atoms in total. The Bertz CT molecular complexity index is 826. The predicted octanol–water partition coefficient (Wildman–Crippen LogP) is 2.64.